The molecule has 0 bridgehead atoms. The first-order valence-electron chi connectivity index (χ1n) is 13.4. The van der Waals surface area contributed by atoms with Crippen LogP contribution in [-0.2, 0) is 10.3 Å². The third kappa shape index (κ3) is 3.75. The number of carbonyl (C=O) groups is 2. The average Bonchev–Trinajstić information content (AvgIpc) is 3.48. The Bertz CT molecular complexity index is 1510. The van der Waals surface area contributed by atoms with Crippen LogP contribution in [0, 0.1) is 17.7 Å². The van der Waals surface area contributed by atoms with Crippen molar-refractivity contribution in [2.24, 2.45) is 11.8 Å². The van der Waals surface area contributed by atoms with Gasteiger partial charge in [-0.15, -0.1) is 0 Å². The van der Waals surface area contributed by atoms with Crippen LogP contribution in [0.2, 0.25) is 10.0 Å². The molecule has 5 atom stereocenters. The van der Waals surface area contributed by atoms with E-state index in [1.807, 2.05) is 24.3 Å². The maximum absolute atomic E-state index is 15.9. The fourth-order valence-corrected chi connectivity index (χ4v) is 8.00. The number of amides is 1. The Hall–Kier alpha value is -2.93. The SMILES string of the molecule is O=C(O)c1ccc(C2CC3C(C2)N(CC2CC2)C2(C(=O)Nc4cc(Cl)ccc42)C3c2cccc(Cl)c2F)cc1. The van der Waals surface area contributed by atoms with Crippen LogP contribution in [0.5, 0.6) is 0 Å². The predicted octanol–water partition coefficient (Wildman–Crippen LogP) is 7.05. The van der Waals surface area contributed by atoms with Gasteiger partial charge in [-0.25, -0.2) is 9.18 Å². The maximum atomic E-state index is 15.9. The van der Waals surface area contributed by atoms with Crippen molar-refractivity contribution >= 4 is 40.8 Å². The van der Waals surface area contributed by atoms with Gasteiger partial charge in [-0.3, -0.25) is 9.69 Å². The second-order valence-electron chi connectivity index (χ2n) is 11.5. The molecule has 7 rings (SSSR count). The van der Waals surface area contributed by atoms with Gasteiger partial charge in [-0.2, -0.15) is 0 Å². The lowest BCUT2D eigenvalue weighted by molar-refractivity contribution is -0.128. The largest absolute Gasteiger partial charge is 0.478 e. The van der Waals surface area contributed by atoms with E-state index in [0.717, 1.165) is 43.4 Å². The molecule has 5 unspecified atom stereocenters. The summed E-state index contributed by atoms with van der Waals surface area (Å²) in [4.78, 5) is 28.0. The van der Waals surface area contributed by atoms with E-state index in [9.17, 15) is 14.7 Å². The van der Waals surface area contributed by atoms with E-state index in [1.165, 1.54) is 0 Å². The van der Waals surface area contributed by atoms with E-state index in [-0.39, 0.29) is 34.4 Å². The number of benzene rings is 3. The first kappa shape index (κ1) is 25.1. The van der Waals surface area contributed by atoms with Crippen LogP contribution in [0.4, 0.5) is 10.1 Å². The zero-order valence-electron chi connectivity index (χ0n) is 21.0. The minimum absolute atomic E-state index is 0.00625. The van der Waals surface area contributed by atoms with E-state index in [4.69, 9.17) is 23.2 Å². The highest BCUT2D eigenvalue weighted by Crippen LogP contribution is 2.65. The summed E-state index contributed by atoms with van der Waals surface area (Å²) in [7, 11) is 0. The highest BCUT2D eigenvalue weighted by Gasteiger charge is 2.69. The second-order valence-corrected chi connectivity index (χ2v) is 12.3. The number of hydrogen-bond donors (Lipinski definition) is 2. The molecule has 2 N–H and O–H groups in total. The summed E-state index contributed by atoms with van der Waals surface area (Å²) in [5.41, 5.74) is 2.25. The van der Waals surface area contributed by atoms with Crippen molar-refractivity contribution in [2.75, 3.05) is 11.9 Å². The molecule has 200 valence electrons. The van der Waals surface area contributed by atoms with Crippen molar-refractivity contribution in [2.45, 2.75) is 49.1 Å². The zero-order chi connectivity index (χ0) is 27.1. The molecule has 3 aromatic rings. The number of aromatic carboxylic acids is 1. The van der Waals surface area contributed by atoms with Gasteiger partial charge >= 0.3 is 5.97 Å². The number of carboxylic acid groups (broad SMARTS) is 1. The summed E-state index contributed by atoms with van der Waals surface area (Å²) >= 11 is 12.7. The third-order valence-electron chi connectivity index (χ3n) is 9.39. The Morgan fingerprint density at radius 2 is 1.85 bits per heavy atom. The monoisotopic (exact) mass is 564 g/mol. The van der Waals surface area contributed by atoms with Crippen LogP contribution in [0.25, 0.3) is 0 Å². The number of nitrogens with one attached hydrogen (secondary N) is 1. The van der Waals surface area contributed by atoms with E-state index in [0.29, 0.717) is 22.2 Å². The number of anilines is 1. The molecule has 3 aromatic carbocycles. The number of fused-ring (bicyclic) bond motifs is 3. The molecule has 0 radical (unpaired) electrons. The summed E-state index contributed by atoms with van der Waals surface area (Å²) in [5.74, 6) is -1.35. The van der Waals surface area contributed by atoms with E-state index >= 15 is 4.39 Å². The lowest BCUT2D eigenvalue weighted by Gasteiger charge is -2.41. The molecule has 0 aromatic heterocycles. The summed E-state index contributed by atoms with van der Waals surface area (Å²) in [5, 5.41) is 13.0. The molecule has 8 heteroatoms. The smallest absolute Gasteiger partial charge is 0.335 e. The van der Waals surface area contributed by atoms with Gasteiger partial charge < -0.3 is 10.4 Å². The van der Waals surface area contributed by atoms with Gasteiger partial charge in [-0.05, 0) is 84.9 Å². The van der Waals surface area contributed by atoms with Gasteiger partial charge in [0.2, 0.25) is 5.91 Å². The lowest BCUT2D eigenvalue weighted by Crippen LogP contribution is -2.53. The van der Waals surface area contributed by atoms with Crippen LogP contribution >= 0.6 is 23.2 Å². The van der Waals surface area contributed by atoms with Crippen LogP contribution in [-0.4, -0.2) is 34.5 Å². The lowest BCUT2D eigenvalue weighted by atomic mass is 9.70. The predicted molar refractivity (Wildman–Crippen MR) is 148 cm³/mol. The topological polar surface area (TPSA) is 69.6 Å². The Kier molecular flexibility index (Phi) is 5.82. The van der Waals surface area contributed by atoms with Crippen LogP contribution < -0.4 is 5.32 Å². The Morgan fingerprint density at radius 3 is 2.56 bits per heavy atom. The van der Waals surface area contributed by atoms with Crippen molar-refractivity contribution in [3.63, 3.8) is 0 Å². The Balaban J connectivity index is 1.39. The molecular weight excluding hydrogens is 538 g/mol. The molecule has 39 heavy (non-hydrogen) atoms. The molecule has 2 aliphatic carbocycles. The minimum Gasteiger partial charge on any atom is -0.478 e. The minimum atomic E-state index is -1.07. The molecule has 1 spiro atoms. The standard InChI is InChI=1S/C31H27Cl2FN2O3/c32-20-10-11-23-25(14-20)35-30(39)31(23)27(21-2-1-3-24(33)28(21)34)22-12-19(13-26(22)36(31)15-16-4-5-16)17-6-8-18(9-7-17)29(37)38/h1-3,6-11,14,16,19,22,26-27H,4-5,12-13,15H2,(H,35,39)(H,37,38). The van der Waals surface area contributed by atoms with Crippen LogP contribution in [0.1, 0.15) is 64.6 Å². The molecule has 1 saturated heterocycles. The van der Waals surface area contributed by atoms with Gasteiger partial charge in [0.15, 0.2) is 0 Å². The molecular formula is C31H27Cl2FN2O3. The highest BCUT2D eigenvalue weighted by molar-refractivity contribution is 6.31. The first-order chi connectivity index (χ1) is 18.8. The van der Waals surface area contributed by atoms with Crippen molar-refractivity contribution in [3.05, 3.63) is 98.8 Å². The average molecular weight is 565 g/mol. The summed E-state index contributed by atoms with van der Waals surface area (Å²) in [6.07, 6.45) is 3.80. The number of hydrogen-bond acceptors (Lipinski definition) is 3. The summed E-state index contributed by atoms with van der Waals surface area (Å²) < 4.78 is 15.9. The van der Waals surface area contributed by atoms with Gasteiger partial charge in [0.05, 0.1) is 10.6 Å². The fourth-order valence-electron chi connectivity index (χ4n) is 7.65. The Morgan fingerprint density at radius 1 is 1.08 bits per heavy atom. The molecule has 5 nitrogen and oxygen atoms in total. The normalized spacial score (nSPS) is 29.5. The highest BCUT2D eigenvalue weighted by atomic mass is 35.5. The third-order valence-corrected chi connectivity index (χ3v) is 9.92. The number of likely N-dealkylation sites (tertiary alicyclic amines) is 1. The van der Waals surface area contributed by atoms with Gasteiger partial charge in [0, 0.05) is 34.8 Å². The second kappa shape index (κ2) is 9.05. The van der Waals surface area contributed by atoms with Crippen LogP contribution in [0.15, 0.2) is 60.7 Å². The van der Waals surface area contributed by atoms with E-state index < -0.39 is 23.2 Å². The van der Waals surface area contributed by atoms with Crippen molar-refractivity contribution in [1.82, 2.24) is 4.90 Å². The fraction of sp³-hybridized carbons (Fsp3) is 0.355. The number of carbonyl (C=O) groups excluding carboxylic acids is 1. The van der Waals surface area contributed by atoms with Gasteiger partial charge in [-0.1, -0.05) is 53.5 Å². The molecule has 2 heterocycles. The van der Waals surface area contributed by atoms with Gasteiger partial charge in [0.1, 0.15) is 11.4 Å². The van der Waals surface area contributed by atoms with Crippen molar-refractivity contribution in [1.29, 1.82) is 0 Å². The first-order valence-corrected chi connectivity index (χ1v) is 14.2. The van der Waals surface area contributed by atoms with Crippen molar-refractivity contribution in [3.8, 4) is 0 Å². The zero-order valence-corrected chi connectivity index (χ0v) is 22.6. The maximum Gasteiger partial charge on any atom is 0.335 e. The van der Waals surface area contributed by atoms with E-state index in [1.54, 1.807) is 36.4 Å². The van der Waals surface area contributed by atoms with Crippen LogP contribution in [0.3, 0.4) is 0 Å². The number of halogens is 3. The molecule has 2 saturated carbocycles. The Labute approximate surface area is 235 Å². The number of rotatable bonds is 5. The number of nitrogens with zero attached hydrogens (tertiary/aromatic N) is 1. The molecule has 2 aliphatic heterocycles. The molecule has 4 aliphatic rings. The summed E-state index contributed by atoms with van der Waals surface area (Å²) in [6, 6.07) is 17.7. The number of carboxylic acids is 1. The van der Waals surface area contributed by atoms with E-state index in [2.05, 4.69) is 10.2 Å². The molecule has 1 amide bonds. The van der Waals surface area contributed by atoms with Gasteiger partial charge in [0.25, 0.3) is 0 Å². The van der Waals surface area contributed by atoms with Crippen molar-refractivity contribution < 1.29 is 19.1 Å². The molecule has 3 fully saturated rings. The quantitative estimate of drug-likeness (QED) is 0.348. The summed E-state index contributed by atoms with van der Waals surface area (Å²) in [6.45, 7) is 0.764.